The lowest BCUT2D eigenvalue weighted by Gasteiger charge is -2.19. The molecule has 0 radical (unpaired) electrons. The summed E-state index contributed by atoms with van der Waals surface area (Å²) in [5.74, 6) is 2.37. The second kappa shape index (κ2) is 7.88. The molecule has 1 atom stereocenters. The molecule has 1 N–H and O–H groups in total. The lowest BCUT2D eigenvalue weighted by molar-refractivity contribution is -0.118. The van der Waals surface area contributed by atoms with Crippen molar-refractivity contribution in [2.45, 2.75) is 39.7 Å². The third-order valence-corrected chi connectivity index (χ3v) is 4.85. The summed E-state index contributed by atoms with van der Waals surface area (Å²) < 4.78 is 9.11. The van der Waals surface area contributed by atoms with Crippen LogP contribution in [0.3, 0.4) is 0 Å². The number of nitrogens with zero attached hydrogens (tertiary/aromatic N) is 4. The monoisotopic (exact) mass is 381 g/mol. The quantitative estimate of drug-likeness (QED) is 0.702. The number of amides is 1. The van der Waals surface area contributed by atoms with Crippen molar-refractivity contribution in [3.63, 3.8) is 0 Å². The van der Waals surface area contributed by atoms with Crippen LogP contribution in [-0.4, -0.2) is 32.3 Å². The normalized spacial score (nSPS) is 12.2. The Morgan fingerprint density at radius 3 is 2.61 bits per heavy atom. The molecule has 3 rings (SSSR count). The van der Waals surface area contributed by atoms with Crippen LogP contribution in [0.5, 0.6) is 5.75 Å². The molecule has 3 aromatic rings. The predicted molar refractivity (Wildman–Crippen MR) is 110 cm³/mol. The number of methoxy groups -OCH3 is 1. The summed E-state index contributed by atoms with van der Waals surface area (Å²) in [6, 6.07) is 7.32. The molecule has 0 fully saturated rings. The van der Waals surface area contributed by atoms with Crippen molar-refractivity contribution in [1.82, 2.24) is 19.3 Å². The fraction of sp³-hybridized carbons (Fsp3) is 0.381. The molecule has 2 aromatic heterocycles. The molecule has 7 heteroatoms. The molecule has 2 heterocycles. The number of aryl methyl sites for hydroxylation is 2. The minimum absolute atomic E-state index is 0.126. The number of anilines is 1. The molecule has 1 aromatic carbocycles. The van der Waals surface area contributed by atoms with E-state index in [-0.39, 0.29) is 11.8 Å². The topological polar surface area (TPSA) is 74.0 Å². The summed E-state index contributed by atoms with van der Waals surface area (Å²) in [7, 11) is 3.46. The van der Waals surface area contributed by atoms with Crippen molar-refractivity contribution < 1.29 is 9.53 Å². The summed E-state index contributed by atoms with van der Waals surface area (Å²) in [5.41, 5.74) is 2.57. The first-order chi connectivity index (χ1) is 13.3. The first-order valence-corrected chi connectivity index (χ1v) is 9.35. The minimum atomic E-state index is -0.402. The summed E-state index contributed by atoms with van der Waals surface area (Å²) in [5, 5.41) is 7.57. The van der Waals surface area contributed by atoms with E-state index in [2.05, 4.69) is 29.2 Å². The van der Waals surface area contributed by atoms with Crippen LogP contribution in [0.1, 0.15) is 44.2 Å². The molecule has 0 spiro atoms. The summed E-state index contributed by atoms with van der Waals surface area (Å²) in [4.78, 5) is 17.4. The highest BCUT2D eigenvalue weighted by Crippen LogP contribution is 2.37. The number of ether oxygens (including phenoxy) is 1. The van der Waals surface area contributed by atoms with E-state index in [1.807, 2.05) is 55.9 Å². The highest BCUT2D eigenvalue weighted by Gasteiger charge is 2.24. The number of carbonyl (C=O) groups is 1. The van der Waals surface area contributed by atoms with Crippen LogP contribution in [0.15, 0.2) is 36.7 Å². The number of carbonyl (C=O) groups excluding carboxylic acids is 1. The van der Waals surface area contributed by atoms with Crippen molar-refractivity contribution in [3.8, 4) is 16.9 Å². The fourth-order valence-electron chi connectivity index (χ4n) is 3.42. The molecule has 1 amide bonds. The van der Waals surface area contributed by atoms with Gasteiger partial charge in [-0.1, -0.05) is 32.0 Å². The molecule has 28 heavy (non-hydrogen) atoms. The van der Waals surface area contributed by atoms with Crippen molar-refractivity contribution in [3.05, 3.63) is 48.2 Å². The number of imidazole rings is 1. The van der Waals surface area contributed by atoms with E-state index in [4.69, 9.17) is 4.74 Å². The number of hydrogen-bond donors (Lipinski definition) is 1. The SMILES string of the molecule is COc1ccccc1-c1c(C)nn(C)c1NC(=O)C(C)n1ccnc1C(C)C. The van der Waals surface area contributed by atoms with Gasteiger partial charge in [-0.3, -0.25) is 9.48 Å². The summed E-state index contributed by atoms with van der Waals surface area (Å²) >= 11 is 0. The van der Waals surface area contributed by atoms with Crippen LogP contribution >= 0.6 is 0 Å². The number of para-hydroxylation sites is 1. The molecule has 1 unspecified atom stereocenters. The van der Waals surface area contributed by atoms with E-state index in [1.165, 1.54) is 0 Å². The smallest absolute Gasteiger partial charge is 0.248 e. The largest absolute Gasteiger partial charge is 0.496 e. The fourth-order valence-corrected chi connectivity index (χ4v) is 3.42. The van der Waals surface area contributed by atoms with Crippen LogP contribution in [0.4, 0.5) is 5.82 Å². The van der Waals surface area contributed by atoms with Gasteiger partial charge >= 0.3 is 0 Å². The lowest BCUT2D eigenvalue weighted by atomic mass is 10.0. The van der Waals surface area contributed by atoms with Gasteiger partial charge in [0.15, 0.2) is 0 Å². The Hall–Kier alpha value is -3.09. The van der Waals surface area contributed by atoms with Gasteiger partial charge in [0, 0.05) is 30.9 Å². The average molecular weight is 381 g/mol. The van der Waals surface area contributed by atoms with E-state index < -0.39 is 6.04 Å². The number of rotatable bonds is 6. The van der Waals surface area contributed by atoms with E-state index in [1.54, 1.807) is 18.0 Å². The number of benzene rings is 1. The Balaban J connectivity index is 1.97. The van der Waals surface area contributed by atoms with Crippen LogP contribution in [0, 0.1) is 6.92 Å². The summed E-state index contributed by atoms with van der Waals surface area (Å²) in [6.45, 7) is 7.92. The second-order valence-electron chi connectivity index (χ2n) is 7.15. The van der Waals surface area contributed by atoms with Crippen molar-refractivity contribution >= 4 is 11.7 Å². The van der Waals surface area contributed by atoms with Crippen molar-refractivity contribution in [1.29, 1.82) is 0 Å². The zero-order valence-electron chi connectivity index (χ0n) is 17.2. The summed E-state index contributed by atoms with van der Waals surface area (Å²) in [6.07, 6.45) is 3.57. The van der Waals surface area contributed by atoms with Gasteiger partial charge in [0.25, 0.3) is 0 Å². The zero-order chi connectivity index (χ0) is 20.4. The van der Waals surface area contributed by atoms with Crippen LogP contribution in [0.2, 0.25) is 0 Å². The molecule has 7 nitrogen and oxygen atoms in total. The van der Waals surface area contributed by atoms with E-state index >= 15 is 0 Å². The zero-order valence-corrected chi connectivity index (χ0v) is 17.2. The third-order valence-electron chi connectivity index (χ3n) is 4.85. The first kappa shape index (κ1) is 19.7. The van der Waals surface area contributed by atoms with Gasteiger partial charge in [-0.2, -0.15) is 5.10 Å². The number of nitrogens with one attached hydrogen (secondary N) is 1. The second-order valence-corrected chi connectivity index (χ2v) is 7.15. The van der Waals surface area contributed by atoms with Crippen LogP contribution < -0.4 is 10.1 Å². The third kappa shape index (κ3) is 3.52. The molecule has 0 aliphatic rings. The maximum atomic E-state index is 13.1. The first-order valence-electron chi connectivity index (χ1n) is 9.35. The maximum Gasteiger partial charge on any atom is 0.248 e. The van der Waals surface area contributed by atoms with E-state index in [9.17, 15) is 4.79 Å². The van der Waals surface area contributed by atoms with E-state index in [0.29, 0.717) is 5.82 Å². The molecular formula is C21H27N5O2. The minimum Gasteiger partial charge on any atom is -0.496 e. The van der Waals surface area contributed by atoms with Gasteiger partial charge in [0.05, 0.1) is 18.4 Å². The molecular weight excluding hydrogens is 354 g/mol. The Labute approximate surface area is 165 Å². The number of hydrogen-bond acceptors (Lipinski definition) is 4. The van der Waals surface area contributed by atoms with Crippen molar-refractivity contribution in [2.75, 3.05) is 12.4 Å². The Bertz CT molecular complexity index is 987. The van der Waals surface area contributed by atoms with Crippen LogP contribution in [0.25, 0.3) is 11.1 Å². The highest BCUT2D eigenvalue weighted by molar-refractivity contribution is 5.97. The van der Waals surface area contributed by atoms with Gasteiger partial charge in [-0.05, 0) is 19.9 Å². The molecule has 0 aliphatic carbocycles. The van der Waals surface area contributed by atoms with Crippen LogP contribution in [-0.2, 0) is 11.8 Å². The molecule has 0 saturated carbocycles. The molecule has 0 aliphatic heterocycles. The molecule has 148 valence electrons. The van der Waals surface area contributed by atoms with Gasteiger partial charge < -0.3 is 14.6 Å². The van der Waals surface area contributed by atoms with Crippen molar-refractivity contribution in [2.24, 2.45) is 7.05 Å². The molecule has 0 saturated heterocycles. The predicted octanol–water partition coefficient (Wildman–Crippen LogP) is 3.92. The van der Waals surface area contributed by atoms with Gasteiger partial charge in [0.2, 0.25) is 5.91 Å². The molecule has 0 bridgehead atoms. The Morgan fingerprint density at radius 2 is 1.93 bits per heavy atom. The Morgan fingerprint density at radius 1 is 1.21 bits per heavy atom. The van der Waals surface area contributed by atoms with Gasteiger partial charge in [-0.15, -0.1) is 0 Å². The average Bonchev–Trinajstić information content (AvgIpc) is 3.26. The van der Waals surface area contributed by atoms with Gasteiger partial charge in [-0.25, -0.2) is 4.98 Å². The number of aromatic nitrogens is 4. The van der Waals surface area contributed by atoms with E-state index in [0.717, 1.165) is 28.4 Å². The Kier molecular flexibility index (Phi) is 5.53. The highest BCUT2D eigenvalue weighted by atomic mass is 16.5. The maximum absolute atomic E-state index is 13.1. The standard InChI is InChI=1S/C21H27N5O2/c1-13(2)19-22-11-12-26(19)15(4)21(27)23-20-18(14(3)24-25(20)5)16-9-7-8-10-17(16)28-6/h7-13,15H,1-6H3,(H,23,27). The lowest BCUT2D eigenvalue weighted by Crippen LogP contribution is -2.26. The van der Waals surface area contributed by atoms with Gasteiger partial charge in [0.1, 0.15) is 23.4 Å².